The first-order valence-electron chi connectivity index (χ1n) is 13.6. The van der Waals surface area contributed by atoms with E-state index in [1.165, 1.54) is 24.3 Å². The highest BCUT2D eigenvalue weighted by Crippen LogP contribution is 2.24. The van der Waals surface area contributed by atoms with Gasteiger partial charge < -0.3 is 19.9 Å². The summed E-state index contributed by atoms with van der Waals surface area (Å²) in [5.41, 5.74) is 1.39. The molecule has 4 rings (SSSR count). The van der Waals surface area contributed by atoms with E-state index in [9.17, 15) is 27.6 Å². The summed E-state index contributed by atoms with van der Waals surface area (Å²) in [5, 5.41) is 2.80. The van der Waals surface area contributed by atoms with Crippen LogP contribution >= 0.6 is 0 Å². The maximum Gasteiger partial charge on any atom is 0.573 e. The monoisotopic (exact) mass is 557 g/mol. The van der Waals surface area contributed by atoms with Crippen molar-refractivity contribution in [2.24, 2.45) is 5.92 Å². The lowest BCUT2D eigenvalue weighted by Gasteiger charge is -2.36. The molecular formula is C30H34F3N3O4. The second kappa shape index (κ2) is 13.5. The van der Waals surface area contributed by atoms with Gasteiger partial charge in [-0.15, -0.1) is 13.2 Å². The van der Waals surface area contributed by atoms with E-state index >= 15 is 0 Å². The van der Waals surface area contributed by atoms with Crippen LogP contribution in [0.3, 0.4) is 0 Å². The van der Waals surface area contributed by atoms with Gasteiger partial charge in [0.25, 0.3) is 0 Å². The van der Waals surface area contributed by atoms with Crippen LogP contribution in [0.4, 0.5) is 13.2 Å². The Hall–Kier alpha value is -3.82. The SMILES string of the molecule is O=C(/C=C/c1ccc(OC(F)(F)F)cc1)N[C@H](Cc1ccccc1)C(=O)N1CCC(C(=O)N2CCCCC2)CC1. The van der Waals surface area contributed by atoms with Crippen molar-refractivity contribution in [3.8, 4) is 5.75 Å². The Balaban J connectivity index is 1.37. The molecule has 0 saturated carbocycles. The van der Waals surface area contributed by atoms with E-state index in [0.717, 1.165) is 50.0 Å². The van der Waals surface area contributed by atoms with E-state index in [0.29, 0.717) is 37.9 Å². The second-order valence-electron chi connectivity index (χ2n) is 10.2. The molecule has 0 aromatic heterocycles. The quantitative estimate of drug-likeness (QED) is 0.482. The zero-order chi connectivity index (χ0) is 28.5. The van der Waals surface area contributed by atoms with Gasteiger partial charge in [-0.25, -0.2) is 0 Å². The van der Waals surface area contributed by atoms with Crippen LogP contribution in [0.15, 0.2) is 60.7 Å². The summed E-state index contributed by atoms with van der Waals surface area (Å²) in [6, 6.07) is 13.7. The van der Waals surface area contributed by atoms with E-state index in [4.69, 9.17) is 0 Å². The number of alkyl halides is 3. The third-order valence-corrected chi connectivity index (χ3v) is 7.26. The standard InChI is InChI=1S/C30H34F3N3O4/c31-30(32,33)40-25-12-9-22(10-13-25)11-14-27(37)34-26(21-23-7-3-1-4-8-23)29(39)36-19-15-24(16-20-36)28(38)35-17-5-2-6-18-35/h1,3-4,7-14,24,26H,2,5-6,15-21H2,(H,34,37)/b14-11+/t26-/m1/s1. The fourth-order valence-corrected chi connectivity index (χ4v) is 5.16. The number of halogens is 3. The Labute approximate surface area is 232 Å². The van der Waals surface area contributed by atoms with Crippen LogP contribution in [0.25, 0.3) is 6.08 Å². The first-order chi connectivity index (χ1) is 19.2. The number of hydrogen-bond acceptors (Lipinski definition) is 4. The number of carbonyl (C=O) groups is 3. The Morgan fingerprint density at radius 1 is 0.900 bits per heavy atom. The highest BCUT2D eigenvalue weighted by Gasteiger charge is 2.33. The van der Waals surface area contributed by atoms with Crippen molar-refractivity contribution in [1.29, 1.82) is 0 Å². The zero-order valence-electron chi connectivity index (χ0n) is 22.2. The number of likely N-dealkylation sites (tertiary alicyclic amines) is 2. The summed E-state index contributed by atoms with van der Waals surface area (Å²) in [5.74, 6) is -0.962. The largest absolute Gasteiger partial charge is 0.573 e. The summed E-state index contributed by atoms with van der Waals surface area (Å²) in [6.45, 7) is 2.52. The Bertz CT molecular complexity index is 1170. The average Bonchev–Trinajstić information content (AvgIpc) is 2.96. The molecule has 2 saturated heterocycles. The fraction of sp³-hybridized carbons (Fsp3) is 0.433. The van der Waals surface area contributed by atoms with Gasteiger partial charge in [0.15, 0.2) is 0 Å². The van der Waals surface area contributed by atoms with Crippen molar-refractivity contribution in [1.82, 2.24) is 15.1 Å². The molecule has 0 spiro atoms. The predicted octanol–water partition coefficient (Wildman–Crippen LogP) is 4.58. The van der Waals surface area contributed by atoms with E-state index < -0.39 is 18.3 Å². The smallest absolute Gasteiger partial charge is 0.406 e. The average molecular weight is 558 g/mol. The fourth-order valence-electron chi connectivity index (χ4n) is 5.16. The van der Waals surface area contributed by atoms with Crippen molar-refractivity contribution in [3.63, 3.8) is 0 Å². The molecule has 1 N–H and O–H groups in total. The van der Waals surface area contributed by atoms with Crippen LogP contribution in [0, 0.1) is 5.92 Å². The molecule has 2 aliphatic rings. The molecule has 0 aliphatic carbocycles. The van der Waals surface area contributed by atoms with E-state index in [-0.39, 0.29) is 23.5 Å². The molecule has 0 unspecified atom stereocenters. The molecule has 0 radical (unpaired) electrons. The van der Waals surface area contributed by atoms with Crippen LogP contribution in [0.1, 0.15) is 43.2 Å². The van der Waals surface area contributed by atoms with E-state index in [1.54, 1.807) is 4.90 Å². The summed E-state index contributed by atoms with van der Waals surface area (Å²) >= 11 is 0. The minimum Gasteiger partial charge on any atom is -0.406 e. The first kappa shape index (κ1) is 29.2. The molecule has 40 heavy (non-hydrogen) atoms. The van der Waals surface area contributed by atoms with E-state index in [1.807, 2.05) is 35.2 Å². The van der Waals surface area contributed by atoms with Crippen LogP contribution in [-0.2, 0) is 20.8 Å². The third-order valence-electron chi connectivity index (χ3n) is 7.26. The van der Waals surface area contributed by atoms with Gasteiger partial charge in [0.2, 0.25) is 17.7 Å². The summed E-state index contributed by atoms with van der Waals surface area (Å²) < 4.78 is 41.0. The first-order valence-corrected chi connectivity index (χ1v) is 13.6. The van der Waals surface area contributed by atoms with Crippen LogP contribution < -0.4 is 10.1 Å². The lowest BCUT2D eigenvalue weighted by Crippen LogP contribution is -2.52. The molecule has 2 heterocycles. The van der Waals surface area contributed by atoms with Crippen LogP contribution in [0.5, 0.6) is 5.75 Å². The number of nitrogens with one attached hydrogen (secondary N) is 1. The van der Waals surface area contributed by atoms with Crippen molar-refractivity contribution >= 4 is 23.8 Å². The van der Waals surface area contributed by atoms with Gasteiger partial charge >= 0.3 is 6.36 Å². The maximum absolute atomic E-state index is 13.5. The number of benzene rings is 2. The Kier molecular flexibility index (Phi) is 9.84. The van der Waals surface area contributed by atoms with E-state index in [2.05, 4.69) is 10.1 Å². The Morgan fingerprint density at radius 3 is 2.17 bits per heavy atom. The number of rotatable bonds is 8. The van der Waals surface area contributed by atoms with Crippen molar-refractivity contribution in [2.45, 2.75) is 50.9 Å². The molecule has 2 aliphatic heterocycles. The zero-order valence-corrected chi connectivity index (χ0v) is 22.2. The van der Waals surface area contributed by atoms with Gasteiger partial charge in [-0.3, -0.25) is 14.4 Å². The number of ether oxygens (including phenoxy) is 1. The molecular weight excluding hydrogens is 523 g/mol. The molecule has 10 heteroatoms. The molecule has 7 nitrogen and oxygen atoms in total. The normalized spacial score (nSPS) is 17.5. The van der Waals surface area contributed by atoms with Gasteiger partial charge in [-0.05, 0) is 61.4 Å². The van der Waals surface area contributed by atoms with Gasteiger partial charge in [0.05, 0.1) is 0 Å². The highest BCUT2D eigenvalue weighted by molar-refractivity contribution is 5.95. The van der Waals surface area contributed by atoms with Gasteiger partial charge in [-0.2, -0.15) is 0 Å². The Morgan fingerprint density at radius 2 is 1.55 bits per heavy atom. The summed E-state index contributed by atoms with van der Waals surface area (Å²) in [4.78, 5) is 42.9. The maximum atomic E-state index is 13.5. The van der Waals surface area contributed by atoms with Gasteiger partial charge in [0, 0.05) is 44.6 Å². The lowest BCUT2D eigenvalue weighted by molar-refractivity contribution is -0.274. The highest BCUT2D eigenvalue weighted by atomic mass is 19.4. The molecule has 0 bridgehead atoms. The summed E-state index contributed by atoms with van der Waals surface area (Å²) in [6.07, 6.45) is 2.64. The third kappa shape index (κ3) is 8.59. The molecule has 1 atom stereocenters. The molecule has 2 aromatic carbocycles. The van der Waals surface area contributed by atoms with Crippen molar-refractivity contribution in [2.75, 3.05) is 26.2 Å². The minimum absolute atomic E-state index is 0.0832. The minimum atomic E-state index is -4.78. The molecule has 3 amide bonds. The van der Waals surface area contributed by atoms with Crippen molar-refractivity contribution in [3.05, 3.63) is 71.8 Å². The van der Waals surface area contributed by atoms with Gasteiger partial charge in [-0.1, -0.05) is 42.5 Å². The second-order valence-corrected chi connectivity index (χ2v) is 10.2. The predicted molar refractivity (Wildman–Crippen MR) is 144 cm³/mol. The molecule has 2 aromatic rings. The number of carbonyl (C=O) groups excluding carboxylic acids is 3. The number of nitrogens with zero attached hydrogens (tertiary/aromatic N) is 2. The van der Waals surface area contributed by atoms with Crippen LogP contribution in [-0.4, -0.2) is 66.1 Å². The molecule has 214 valence electrons. The summed E-state index contributed by atoms with van der Waals surface area (Å²) in [7, 11) is 0. The number of hydrogen-bond donors (Lipinski definition) is 1. The molecule has 2 fully saturated rings. The number of amides is 3. The lowest BCUT2D eigenvalue weighted by atomic mass is 9.93. The van der Waals surface area contributed by atoms with Gasteiger partial charge in [0.1, 0.15) is 11.8 Å². The number of piperidine rings is 2. The van der Waals surface area contributed by atoms with Crippen LogP contribution in [0.2, 0.25) is 0 Å². The van der Waals surface area contributed by atoms with Crippen molar-refractivity contribution < 1.29 is 32.3 Å². The topological polar surface area (TPSA) is 79.0 Å².